The number of likely N-dealkylation sites (tertiary alicyclic amines) is 1. The summed E-state index contributed by atoms with van der Waals surface area (Å²) >= 11 is 0. The average molecular weight is 360 g/mol. The van der Waals surface area contributed by atoms with Crippen LogP contribution in [0.4, 0.5) is 0 Å². The maximum Gasteiger partial charge on any atom is 0.342 e. The Balaban J connectivity index is 2.01. The molecule has 1 fully saturated rings. The van der Waals surface area contributed by atoms with Gasteiger partial charge in [-0.3, -0.25) is 0 Å². The quantitative estimate of drug-likeness (QED) is 0.804. The van der Waals surface area contributed by atoms with Crippen molar-refractivity contribution >= 4 is 16.9 Å². The normalized spacial score (nSPS) is 20.7. The molecule has 0 aliphatic carbocycles. The van der Waals surface area contributed by atoms with E-state index in [2.05, 4.69) is 6.92 Å². The predicted octanol–water partition coefficient (Wildman–Crippen LogP) is 3.22. The molecule has 2 heterocycles. The van der Waals surface area contributed by atoms with Gasteiger partial charge in [0.25, 0.3) is 0 Å². The molecule has 0 amide bonds. The number of esters is 1. The fourth-order valence-electron chi connectivity index (χ4n) is 3.85. The number of aromatic hydroxyl groups is 1. The highest BCUT2D eigenvalue weighted by molar-refractivity contribution is 6.06. The molecule has 2 atom stereocenters. The van der Waals surface area contributed by atoms with Gasteiger partial charge in [0.15, 0.2) is 0 Å². The zero-order chi connectivity index (χ0) is 18.8. The second-order valence-corrected chi connectivity index (χ2v) is 7.94. The summed E-state index contributed by atoms with van der Waals surface area (Å²) in [4.78, 5) is 14.1. The summed E-state index contributed by atoms with van der Waals surface area (Å²) in [5.41, 5.74) is 1.88. The minimum Gasteiger partial charge on any atom is -0.507 e. The number of phenols is 1. The first-order valence-corrected chi connectivity index (χ1v) is 9.64. The maximum atomic E-state index is 12.7. The Morgan fingerprint density at radius 3 is 2.85 bits per heavy atom. The summed E-state index contributed by atoms with van der Waals surface area (Å²) in [7, 11) is 0. The van der Waals surface area contributed by atoms with Crippen LogP contribution in [0.25, 0.3) is 11.0 Å². The zero-order valence-corrected chi connectivity index (χ0v) is 16.2. The number of hydrogen-bond acceptors (Lipinski definition) is 4. The molecule has 0 spiro atoms. The molecule has 5 nitrogen and oxygen atoms in total. The first-order chi connectivity index (χ1) is 12.4. The molecular formula is C21H30NO4+. The van der Waals surface area contributed by atoms with Gasteiger partial charge < -0.3 is 19.2 Å². The van der Waals surface area contributed by atoms with Crippen LogP contribution >= 0.6 is 0 Å². The van der Waals surface area contributed by atoms with E-state index in [0.29, 0.717) is 41.5 Å². The molecule has 1 saturated heterocycles. The number of hydrogen-bond donors (Lipinski definition) is 2. The summed E-state index contributed by atoms with van der Waals surface area (Å²) < 4.78 is 11.3. The van der Waals surface area contributed by atoms with Crippen molar-refractivity contribution in [2.45, 2.75) is 59.5 Å². The molecule has 5 heteroatoms. The third-order valence-corrected chi connectivity index (χ3v) is 5.35. The number of carbonyl (C=O) groups is 1. The summed E-state index contributed by atoms with van der Waals surface area (Å²) in [5, 5.41) is 11.3. The van der Waals surface area contributed by atoms with Crippen LogP contribution in [-0.4, -0.2) is 30.3 Å². The summed E-state index contributed by atoms with van der Waals surface area (Å²) in [6.45, 7) is 10.2. The van der Waals surface area contributed by atoms with Crippen LogP contribution in [0.1, 0.15) is 61.7 Å². The van der Waals surface area contributed by atoms with Gasteiger partial charge in [0.2, 0.25) is 0 Å². The summed E-state index contributed by atoms with van der Waals surface area (Å²) in [5.74, 6) is 0.663. The van der Waals surface area contributed by atoms with E-state index in [1.54, 1.807) is 19.1 Å². The van der Waals surface area contributed by atoms with Gasteiger partial charge in [-0.15, -0.1) is 0 Å². The molecule has 142 valence electrons. The fraction of sp³-hybridized carbons (Fsp3) is 0.571. The molecule has 0 radical (unpaired) electrons. The Kier molecular flexibility index (Phi) is 5.56. The molecule has 1 aromatic heterocycles. The van der Waals surface area contributed by atoms with Gasteiger partial charge in [-0.1, -0.05) is 13.8 Å². The second-order valence-electron chi connectivity index (χ2n) is 7.94. The van der Waals surface area contributed by atoms with Gasteiger partial charge in [0.05, 0.1) is 24.8 Å². The van der Waals surface area contributed by atoms with Crippen molar-refractivity contribution in [3.63, 3.8) is 0 Å². The number of fused-ring (bicyclic) bond motifs is 1. The molecule has 0 saturated carbocycles. The Bertz CT molecular complexity index is 793. The monoisotopic (exact) mass is 360 g/mol. The molecule has 2 aromatic rings. The lowest BCUT2D eigenvalue weighted by Gasteiger charge is -2.30. The van der Waals surface area contributed by atoms with E-state index in [-0.39, 0.29) is 17.6 Å². The van der Waals surface area contributed by atoms with Crippen molar-refractivity contribution < 1.29 is 24.0 Å². The van der Waals surface area contributed by atoms with E-state index in [1.165, 1.54) is 24.2 Å². The van der Waals surface area contributed by atoms with Crippen molar-refractivity contribution in [1.82, 2.24) is 0 Å². The Morgan fingerprint density at radius 1 is 1.38 bits per heavy atom. The minimum absolute atomic E-state index is 0.224. The zero-order valence-electron chi connectivity index (χ0n) is 16.2. The number of aryl methyl sites for hydroxylation is 1. The van der Waals surface area contributed by atoms with E-state index in [4.69, 9.17) is 9.15 Å². The highest BCUT2D eigenvalue weighted by Gasteiger charge is 2.28. The van der Waals surface area contributed by atoms with E-state index < -0.39 is 0 Å². The first-order valence-electron chi connectivity index (χ1n) is 9.64. The largest absolute Gasteiger partial charge is 0.507 e. The number of quaternary nitrogens is 1. The molecular weight excluding hydrogens is 330 g/mol. The molecule has 1 unspecified atom stereocenters. The Labute approximate surface area is 154 Å². The molecule has 0 bridgehead atoms. The molecule has 26 heavy (non-hydrogen) atoms. The number of piperidine rings is 1. The standard InChI is InChI=1S/C21H29NO4/c1-13(2)12-25-21(24)19-15(4)26-18-9-8-17(23)16(20(18)19)11-22-10-6-5-7-14(22)3/h8-9,13-14,23H,5-7,10-12H2,1-4H3/p+1/t14-/m1/s1. The predicted molar refractivity (Wildman–Crippen MR) is 101 cm³/mol. The average Bonchev–Trinajstić information content (AvgIpc) is 2.93. The second kappa shape index (κ2) is 7.70. The Morgan fingerprint density at radius 2 is 2.15 bits per heavy atom. The SMILES string of the molecule is Cc1oc2ccc(O)c(C[NH+]3CCCC[C@H]3C)c2c1C(=O)OCC(C)C. The van der Waals surface area contributed by atoms with Crippen LogP contribution < -0.4 is 4.90 Å². The van der Waals surface area contributed by atoms with Crippen LogP contribution in [0.2, 0.25) is 0 Å². The van der Waals surface area contributed by atoms with Gasteiger partial charge in [-0.2, -0.15) is 0 Å². The van der Waals surface area contributed by atoms with Crippen molar-refractivity contribution in [3.8, 4) is 5.75 Å². The summed E-state index contributed by atoms with van der Waals surface area (Å²) in [6, 6.07) is 3.94. The van der Waals surface area contributed by atoms with Crippen LogP contribution in [0.5, 0.6) is 5.75 Å². The van der Waals surface area contributed by atoms with Crippen LogP contribution in [0.3, 0.4) is 0 Å². The highest BCUT2D eigenvalue weighted by atomic mass is 16.5. The van der Waals surface area contributed by atoms with Gasteiger partial charge in [-0.25, -0.2) is 4.79 Å². The third-order valence-electron chi connectivity index (χ3n) is 5.35. The van der Waals surface area contributed by atoms with Crippen molar-refractivity contribution in [2.75, 3.05) is 13.2 Å². The maximum absolute atomic E-state index is 12.7. The van der Waals surface area contributed by atoms with Gasteiger partial charge in [0, 0.05) is 5.39 Å². The molecule has 1 aliphatic heterocycles. The van der Waals surface area contributed by atoms with Gasteiger partial charge >= 0.3 is 5.97 Å². The van der Waals surface area contributed by atoms with E-state index in [0.717, 1.165) is 12.1 Å². The van der Waals surface area contributed by atoms with Crippen molar-refractivity contribution in [1.29, 1.82) is 0 Å². The third kappa shape index (κ3) is 3.73. The smallest absolute Gasteiger partial charge is 0.342 e. The fourth-order valence-corrected chi connectivity index (χ4v) is 3.85. The number of phenolic OH excluding ortho intramolecular Hbond substituents is 1. The lowest BCUT2D eigenvalue weighted by molar-refractivity contribution is -0.941. The van der Waals surface area contributed by atoms with Crippen LogP contribution in [0, 0.1) is 12.8 Å². The highest BCUT2D eigenvalue weighted by Crippen LogP contribution is 2.34. The number of carbonyl (C=O) groups excluding carboxylic acids is 1. The minimum atomic E-state index is -0.372. The molecule has 1 aliphatic rings. The van der Waals surface area contributed by atoms with Crippen LogP contribution in [0.15, 0.2) is 16.5 Å². The lowest BCUT2D eigenvalue weighted by atomic mass is 9.99. The first kappa shape index (κ1) is 18.8. The molecule has 2 N–H and O–H groups in total. The van der Waals surface area contributed by atoms with Gasteiger partial charge in [0.1, 0.15) is 29.2 Å². The number of nitrogens with one attached hydrogen (secondary N) is 1. The Hall–Kier alpha value is -2.01. The van der Waals surface area contributed by atoms with Crippen LogP contribution in [-0.2, 0) is 11.3 Å². The number of furan rings is 1. The number of benzene rings is 1. The number of rotatable bonds is 5. The summed E-state index contributed by atoms with van der Waals surface area (Å²) in [6.07, 6.45) is 3.66. The van der Waals surface area contributed by atoms with E-state index >= 15 is 0 Å². The van der Waals surface area contributed by atoms with Crippen molar-refractivity contribution in [2.24, 2.45) is 5.92 Å². The molecule has 3 rings (SSSR count). The van der Waals surface area contributed by atoms with Gasteiger partial charge in [-0.05, 0) is 51.2 Å². The topological polar surface area (TPSA) is 64.1 Å². The van der Waals surface area contributed by atoms with Crippen molar-refractivity contribution in [3.05, 3.63) is 29.0 Å². The molecule has 1 aromatic carbocycles. The van der Waals surface area contributed by atoms with E-state index in [1.807, 2.05) is 13.8 Å². The number of ether oxygens (including phenoxy) is 1. The van der Waals surface area contributed by atoms with E-state index in [9.17, 15) is 9.90 Å². The lowest BCUT2D eigenvalue weighted by Crippen LogP contribution is -3.14.